The number of benzene rings is 2. The molecule has 0 spiro atoms. The Morgan fingerprint density at radius 3 is 2.59 bits per heavy atom. The van der Waals surface area contributed by atoms with Gasteiger partial charge in [0.15, 0.2) is 6.29 Å². The first-order valence-electron chi connectivity index (χ1n) is 7.40. The Labute approximate surface area is 129 Å². The third-order valence-electron chi connectivity index (χ3n) is 4.02. The van der Waals surface area contributed by atoms with Crippen LogP contribution < -0.4 is 4.74 Å². The van der Waals surface area contributed by atoms with E-state index in [2.05, 4.69) is 31.0 Å². The molecule has 1 N–H and O–H groups in total. The Morgan fingerprint density at radius 1 is 1.14 bits per heavy atom. The largest absolute Gasteiger partial charge is 0.496 e. The van der Waals surface area contributed by atoms with Crippen molar-refractivity contribution in [1.82, 2.24) is 4.98 Å². The van der Waals surface area contributed by atoms with E-state index in [-0.39, 0.29) is 0 Å². The summed E-state index contributed by atoms with van der Waals surface area (Å²) in [7, 11) is 1.64. The van der Waals surface area contributed by atoms with E-state index in [0.29, 0.717) is 11.5 Å². The molecule has 22 heavy (non-hydrogen) atoms. The summed E-state index contributed by atoms with van der Waals surface area (Å²) < 4.78 is 5.42. The highest BCUT2D eigenvalue weighted by Crippen LogP contribution is 2.35. The maximum atomic E-state index is 11.7. The minimum atomic E-state index is 0.425. The molecule has 0 saturated heterocycles. The lowest BCUT2D eigenvalue weighted by Gasteiger charge is -2.07. The number of aromatic amines is 1. The number of carbonyl (C=O) groups is 1. The fourth-order valence-electron chi connectivity index (χ4n) is 2.78. The number of aldehydes is 1. The summed E-state index contributed by atoms with van der Waals surface area (Å²) in [6, 6.07) is 14.0. The van der Waals surface area contributed by atoms with Crippen molar-refractivity contribution in [2.75, 3.05) is 7.11 Å². The number of H-pyrrole nitrogens is 1. The van der Waals surface area contributed by atoms with Gasteiger partial charge in [-0.1, -0.05) is 32.0 Å². The van der Waals surface area contributed by atoms with E-state index in [1.165, 1.54) is 5.56 Å². The quantitative estimate of drug-likeness (QED) is 0.703. The van der Waals surface area contributed by atoms with Crippen LogP contribution >= 0.6 is 0 Å². The highest BCUT2D eigenvalue weighted by Gasteiger charge is 2.16. The summed E-state index contributed by atoms with van der Waals surface area (Å²) in [4.78, 5) is 15.1. The van der Waals surface area contributed by atoms with Crippen molar-refractivity contribution >= 4 is 17.2 Å². The third-order valence-corrected chi connectivity index (χ3v) is 4.02. The number of hydrogen-bond acceptors (Lipinski definition) is 2. The van der Waals surface area contributed by atoms with Gasteiger partial charge in [0, 0.05) is 22.0 Å². The second-order valence-electron chi connectivity index (χ2n) is 5.69. The Balaban J connectivity index is 2.28. The summed E-state index contributed by atoms with van der Waals surface area (Å²) in [6.07, 6.45) is 0.921. The number of rotatable bonds is 4. The standard InChI is InChI=1S/C19H19NO2/c1-12(2)13-8-9-17-15(10-13)16(11-21)19(20-17)14-6-4-5-7-18(14)22-3/h4-12,20H,1-3H3. The molecule has 1 heterocycles. The maximum Gasteiger partial charge on any atom is 0.152 e. The summed E-state index contributed by atoms with van der Waals surface area (Å²) >= 11 is 0. The van der Waals surface area contributed by atoms with Crippen molar-refractivity contribution in [3.8, 4) is 17.0 Å². The molecule has 3 nitrogen and oxygen atoms in total. The molecule has 0 atom stereocenters. The minimum Gasteiger partial charge on any atom is -0.496 e. The molecule has 0 aliphatic carbocycles. The van der Waals surface area contributed by atoms with Gasteiger partial charge in [-0.2, -0.15) is 0 Å². The van der Waals surface area contributed by atoms with Gasteiger partial charge < -0.3 is 9.72 Å². The first kappa shape index (κ1) is 14.4. The highest BCUT2D eigenvalue weighted by molar-refractivity contribution is 6.05. The van der Waals surface area contributed by atoms with Crippen LogP contribution in [0, 0.1) is 0 Å². The van der Waals surface area contributed by atoms with E-state index >= 15 is 0 Å². The van der Waals surface area contributed by atoms with Gasteiger partial charge in [-0.05, 0) is 35.7 Å². The van der Waals surface area contributed by atoms with Gasteiger partial charge in [0.05, 0.1) is 12.8 Å². The number of carbonyl (C=O) groups excluding carboxylic acids is 1. The monoisotopic (exact) mass is 293 g/mol. The molecule has 0 fully saturated rings. The van der Waals surface area contributed by atoms with Gasteiger partial charge in [0.1, 0.15) is 5.75 Å². The number of hydrogen-bond donors (Lipinski definition) is 1. The zero-order chi connectivity index (χ0) is 15.7. The van der Waals surface area contributed by atoms with Gasteiger partial charge in [-0.3, -0.25) is 4.79 Å². The normalized spacial score (nSPS) is 11.1. The van der Waals surface area contributed by atoms with Crippen LogP contribution in [0.3, 0.4) is 0 Å². The van der Waals surface area contributed by atoms with E-state index in [1.54, 1.807) is 7.11 Å². The van der Waals surface area contributed by atoms with Crippen molar-refractivity contribution in [2.45, 2.75) is 19.8 Å². The van der Waals surface area contributed by atoms with Crippen LogP contribution in [0.1, 0.15) is 35.7 Å². The van der Waals surface area contributed by atoms with Gasteiger partial charge in [-0.15, -0.1) is 0 Å². The molecule has 0 amide bonds. The Bertz CT molecular complexity index is 831. The first-order valence-corrected chi connectivity index (χ1v) is 7.40. The molecule has 1 aromatic heterocycles. The zero-order valence-corrected chi connectivity index (χ0v) is 13.0. The van der Waals surface area contributed by atoms with Crippen LogP contribution in [0.25, 0.3) is 22.2 Å². The Kier molecular flexibility index (Phi) is 3.72. The van der Waals surface area contributed by atoms with E-state index in [4.69, 9.17) is 4.74 Å². The average Bonchev–Trinajstić information content (AvgIpc) is 2.92. The van der Waals surface area contributed by atoms with Crippen LogP contribution in [0.2, 0.25) is 0 Å². The third kappa shape index (κ3) is 2.29. The van der Waals surface area contributed by atoms with E-state index in [0.717, 1.165) is 34.2 Å². The van der Waals surface area contributed by atoms with E-state index < -0.39 is 0 Å². The van der Waals surface area contributed by atoms with Crippen molar-refractivity contribution in [2.24, 2.45) is 0 Å². The SMILES string of the molecule is COc1ccccc1-c1[nH]c2ccc(C(C)C)cc2c1C=O. The molecule has 3 aromatic rings. The van der Waals surface area contributed by atoms with Crippen LogP contribution in [-0.2, 0) is 0 Å². The molecule has 3 rings (SSSR count). The number of nitrogens with one attached hydrogen (secondary N) is 1. The van der Waals surface area contributed by atoms with Crippen LogP contribution in [-0.4, -0.2) is 18.4 Å². The maximum absolute atomic E-state index is 11.7. The van der Waals surface area contributed by atoms with E-state index in [9.17, 15) is 4.79 Å². The summed E-state index contributed by atoms with van der Waals surface area (Å²) in [5.41, 5.74) is 4.58. The van der Waals surface area contributed by atoms with Crippen molar-refractivity contribution < 1.29 is 9.53 Å². The van der Waals surface area contributed by atoms with Crippen LogP contribution in [0.4, 0.5) is 0 Å². The van der Waals surface area contributed by atoms with Gasteiger partial charge >= 0.3 is 0 Å². The smallest absolute Gasteiger partial charge is 0.152 e. The predicted octanol–water partition coefficient (Wildman–Crippen LogP) is 4.78. The minimum absolute atomic E-state index is 0.425. The fraction of sp³-hybridized carbons (Fsp3) is 0.211. The van der Waals surface area contributed by atoms with Crippen molar-refractivity contribution in [1.29, 1.82) is 0 Å². The molecule has 0 saturated carbocycles. The summed E-state index contributed by atoms with van der Waals surface area (Å²) in [5, 5.41) is 0.960. The molecule has 0 aliphatic heterocycles. The predicted molar refractivity (Wildman–Crippen MR) is 89.8 cm³/mol. The summed E-state index contributed by atoms with van der Waals surface area (Å²) in [5.74, 6) is 1.18. The van der Waals surface area contributed by atoms with Gasteiger partial charge in [0.2, 0.25) is 0 Å². The molecule has 3 heteroatoms. The number of para-hydroxylation sites is 1. The summed E-state index contributed by atoms with van der Waals surface area (Å²) in [6.45, 7) is 4.30. The molecular weight excluding hydrogens is 274 g/mol. The lowest BCUT2D eigenvalue weighted by molar-refractivity contribution is 0.112. The molecule has 2 aromatic carbocycles. The number of methoxy groups -OCH3 is 1. The van der Waals surface area contributed by atoms with E-state index in [1.807, 2.05) is 30.3 Å². The average molecular weight is 293 g/mol. The van der Waals surface area contributed by atoms with Crippen LogP contribution in [0.5, 0.6) is 5.75 Å². The molecule has 0 aliphatic rings. The van der Waals surface area contributed by atoms with Gasteiger partial charge in [-0.25, -0.2) is 0 Å². The van der Waals surface area contributed by atoms with Crippen molar-refractivity contribution in [3.63, 3.8) is 0 Å². The molecule has 0 bridgehead atoms. The lowest BCUT2D eigenvalue weighted by Crippen LogP contribution is -1.90. The fourth-order valence-corrected chi connectivity index (χ4v) is 2.78. The topological polar surface area (TPSA) is 42.1 Å². The van der Waals surface area contributed by atoms with Crippen molar-refractivity contribution in [3.05, 3.63) is 53.6 Å². The highest BCUT2D eigenvalue weighted by atomic mass is 16.5. The number of aromatic nitrogens is 1. The Hall–Kier alpha value is -2.55. The molecule has 0 unspecified atom stereocenters. The second-order valence-corrected chi connectivity index (χ2v) is 5.69. The number of fused-ring (bicyclic) bond motifs is 1. The van der Waals surface area contributed by atoms with Crippen LogP contribution in [0.15, 0.2) is 42.5 Å². The van der Waals surface area contributed by atoms with Gasteiger partial charge in [0.25, 0.3) is 0 Å². The lowest BCUT2D eigenvalue weighted by atomic mass is 9.99. The zero-order valence-electron chi connectivity index (χ0n) is 13.0. The second kappa shape index (κ2) is 5.68. The molecule has 112 valence electrons. The molecular formula is C19H19NO2. The number of ether oxygens (including phenoxy) is 1. The molecule has 0 radical (unpaired) electrons. The Morgan fingerprint density at radius 2 is 1.91 bits per heavy atom. The first-order chi connectivity index (χ1) is 10.7.